The second kappa shape index (κ2) is 6.80. The molecule has 0 N–H and O–H groups in total. The van der Waals surface area contributed by atoms with Crippen molar-refractivity contribution in [2.75, 3.05) is 0 Å². The molecule has 0 saturated heterocycles. The van der Waals surface area contributed by atoms with Crippen molar-refractivity contribution in [3.8, 4) is 5.75 Å². The minimum Gasteiger partial charge on any atom is -0.430 e. The summed E-state index contributed by atoms with van der Waals surface area (Å²) in [7, 11) is 0. The Morgan fingerprint density at radius 3 is 2.24 bits per heavy atom. The van der Waals surface area contributed by atoms with Crippen LogP contribution in [0, 0.1) is 0 Å². The second-order valence-electron chi connectivity index (χ2n) is 3.84. The molecule has 0 aliphatic carbocycles. The molecule has 12 heteroatoms. The van der Waals surface area contributed by atoms with Crippen LogP contribution in [0.25, 0.3) is 0 Å². The van der Waals surface area contributed by atoms with E-state index in [2.05, 4.69) is 20.1 Å². The fourth-order valence-electron chi connectivity index (χ4n) is 1.53. The van der Waals surface area contributed by atoms with Crippen LogP contribution < -0.4 is 4.52 Å². The van der Waals surface area contributed by atoms with Gasteiger partial charge in [0.1, 0.15) is 5.75 Å². The molecule has 21 heavy (non-hydrogen) atoms. The van der Waals surface area contributed by atoms with E-state index in [1.807, 2.05) is 12.1 Å². The lowest BCUT2D eigenvalue weighted by atomic mass is 10.1. The van der Waals surface area contributed by atoms with Gasteiger partial charge in [-0.05, 0) is 74.3 Å². The molecule has 4 nitrogen and oxygen atoms in total. The third-order valence-electron chi connectivity index (χ3n) is 2.20. The number of benzene rings is 1. The van der Waals surface area contributed by atoms with E-state index in [9.17, 15) is 0 Å². The van der Waals surface area contributed by atoms with E-state index in [1.165, 1.54) is 0 Å². The van der Waals surface area contributed by atoms with Crippen LogP contribution in [-0.4, -0.2) is 0 Å². The van der Waals surface area contributed by atoms with E-state index in [0.29, 0.717) is 12.2 Å². The number of halogens is 5. The standard InChI is InChI=1S/C9H9Cl5N3OP3/c1-2-5-8-6-3-4-7-9(8)18-21(14)16-19(10,11)15-20(12,13)17-21/h2-4,6-7H,1,5H2. The van der Waals surface area contributed by atoms with Crippen molar-refractivity contribution in [1.82, 2.24) is 0 Å². The minimum atomic E-state index is -3.21. The number of rotatable bonds is 4. The van der Waals surface area contributed by atoms with Gasteiger partial charge in [0.05, 0.1) is 0 Å². The highest BCUT2D eigenvalue weighted by molar-refractivity contribution is 8.22. The van der Waals surface area contributed by atoms with Crippen LogP contribution in [0.3, 0.4) is 0 Å². The summed E-state index contributed by atoms with van der Waals surface area (Å²) >= 11 is 30.3. The predicted molar refractivity (Wildman–Crippen MR) is 98.3 cm³/mol. The second-order valence-corrected chi connectivity index (χ2v) is 17.0. The van der Waals surface area contributed by atoms with Gasteiger partial charge in [-0.25, -0.2) is 0 Å². The smallest absolute Gasteiger partial charge is 0.350 e. The van der Waals surface area contributed by atoms with E-state index >= 15 is 0 Å². The van der Waals surface area contributed by atoms with Crippen LogP contribution in [0.5, 0.6) is 5.75 Å². The zero-order valence-electron chi connectivity index (χ0n) is 10.3. The van der Waals surface area contributed by atoms with Crippen LogP contribution in [0.4, 0.5) is 0 Å². The minimum absolute atomic E-state index is 0.511. The molecule has 0 amide bonds. The SMILES string of the molecule is C=CCc1ccccc1OP1(Cl)=NP(Cl)(Cl)=NP(Cl)(Cl)=N1. The Balaban J connectivity index is 2.49. The van der Waals surface area contributed by atoms with Gasteiger partial charge in [0.15, 0.2) is 0 Å². The van der Waals surface area contributed by atoms with E-state index < -0.39 is 18.6 Å². The van der Waals surface area contributed by atoms with Gasteiger partial charge in [-0.3, -0.25) is 0 Å². The quantitative estimate of drug-likeness (QED) is 0.337. The number of para-hydroxylation sites is 1. The topological polar surface area (TPSA) is 46.3 Å². The van der Waals surface area contributed by atoms with E-state index in [-0.39, 0.29) is 0 Å². The first-order valence-corrected chi connectivity index (χ1v) is 15.0. The summed E-state index contributed by atoms with van der Waals surface area (Å²) < 4.78 is 17.7. The maximum Gasteiger partial charge on any atom is 0.350 e. The summed E-state index contributed by atoms with van der Waals surface area (Å²) in [6.07, 6.45) is 2.34. The lowest BCUT2D eigenvalue weighted by Crippen LogP contribution is -1.91. The van der Waals surface area contributed by atoms with Gasteiger partial charge in [0, 0.05) is 0 Å². The van der Waals surface area contributed by atoms with Crippen molar-refractivity contribution in [2.24, 2.45) is 13.5 Å². The zero-order valence-corrected chi connectivity index (χ0v) is 16.7. The highest BCUT2D eigenvalue weighted by Gasteiger charge is 2.34. The van der Waals surface area contributed by atoms with Crippen LogP contribution >= 0.6 is 74.8 Å². The van der Waals surface area contributed by atoms with Crippen molar-refractivity contribution < 1.29 is 4.52 Å². The first-order valence-electron chi connectivity index (χ1n) is 5.43. The van der Waals surface area contributed by atoms with Gasteiger partial charge in [-0.1, -0.05) is 24.3 Å². The summed E-state index contributed by atoms with van der Waals surface area (Å²) in [5, 5.41) is 0. The average Bonchev–Trinajstić information content (AvgIpc) is 2.26. The molecule has 2 rings (SSSR count). The summed E-state index contributed by atoms with van der Waals surface area (Å²) in [6, 6.07) is 7.29. The zero-order chi connectivity index (χ0) is 15.7. The van der Waals surface area contributed by atoms with Gasteiger partial charge in [-0.2, -0.15) is 13.5 Å². The molecule has 1 unspecified atom stereocenters. The highest BCUT2D eigenvalue weighted by Crippen LogP contribution is 2.86. The predicted octanol–water partition coefficient (Wildman–Crippen LogP) is 8.84. The average molecular weight is 445 g/mol. The first kappa shape index (κ1) is 18.2. The lowest BCUT2D eigenvalue weighted by Gasteiger charge is -2.22. The van der Waals surface area contributed by atoms with Crippen LogP contribution in [0.2, 0.25) is 0 Å². The molecule has 116 valence electrons. The van der Waals surface area contributed by atoms with E-state index in [4.69, 9.17) is 60.7 Å². The molecule has 1 atom stereocenters. The number of nitrogens with zero attached hydrogens (tertiary/aromatic N) is 3. The summed E-state index contributed by atoms with van der Waals surface area (Å²) in [6.45, 7) is 0.479. The number of hydrogen-bond acceptors (Lipinski definition) is 4. The Labute approximate surface area is 147 Å². The fraction of sp³-hybridized carbons (Fsp3) is 0.111. The number of allylic oxidation sites excluding steroid dienone is 1. The number of hydrogen-bond donors (Lipinski definition) is 0. The summed E-state index contributed by atoms with van der Waals surface area (Å²) in [5.74, 6) is -5.67. The molecule has 0 saturated carbocycles. The molecule has 1 aromatic carbocycles. The fourth-order valence-corrected chi connectivity index (χ4v) is 18.1. The Hall–Kier alpha value is 0.900. The van der Waals surface area contributed by atoms with Crippen molar-refractivity contribution in [3.63, 3.8) is 0 Å². The highest BCUT2D eigenvalue weighted by atomic mass is 35.9. The molecule has 1 heterocycles. The van der Waals surface area contributed by atoms with Gasteiger partial charge >= 0.3 is 6.78 Å². The Morgan fingerprint density at radius 2 is 1.62 bits per heavy atom. The molecule has 1 aliphatic rings. The third kappa shape index (κ3) is 5.20. The largest absolute Gasteiger partial charge is 0.430 e. The van der Waals surface area contributed by atoms with Gasteiger partial charge in [0.25, 0.3) is 11.8 Å². The Bertz CT molecular complexity index is 730. The van der Waals surface area contributed by atoms with Crippen LogP contribution in [-0.2, 0) is 6.42 Å². The van der Waals surface area contributed by atoms with Crippen LogP contribution in [0.15, 0.2) is 50.5 Å². The summed E-state index contributed by atoms with van der Waals surface area (Å²) in [4.78, 5) is 0. The Morgan fingerprint density at radius 1 is 1.00 bits per heavy atom. The third-order valence-corrected chi connectivity index (χ3v) is 14.1. The summed E-state index contributed by atoms with van der Waals surface area (Å²) in [5.41, 5.74) is 0.876. The molecule has 0 spiro atoms. The molecule has 0 fully saturated rings. The van der Waals surface area contributed by atoms with Crippen molar-refractivity contribution in [3.05, 3.63) is 42.5 Å². The maximum absolute atomic E-state index is 6.34. The first-order chi connectivity index (χ1) is 9.65. The molecular weight excluding hydrogens is 436 g/mol. The lowest BCUT2D eigenvalue weighted by molar-refractivity contribution is 0.611. The van der Waals surface area contributed by atoms with Crippen molar-refractivity contribution in [2.45, 2.75) is 6.42 Å². The monoisotopic (exact) mass is 443 g/mol. The molecule has 1 aliphatic heterocycles. The molecule has 0 bridgehead atoms. The normalized spacial score (nSPS) is 26.0. The van der Waals surface area contributed by atoms with Gasteiger partial charge < -0.3 is 4.52 Å². The molecule has 0 aromatic heterocycles. The van der Waals surface area contributed by atoms with Gasteiger partial charge in [0.2, 0.25) is 0 Å². The van der Waals surface area contributed by atoms with E-state index in [0.717, 1.165) is 5.56 Å². The molecule has 1 aromatic rings. The van der Waals surface area contributed by atoms with Crippen molar-refractivity contribution in [1.29, 1.82) is 0 Å². The van der Waals surface area contributed by atoms with Crippen LogP contribution in [0.1, 0.15) is 5.56 Å². The maximum atomic E-state index is 6.34. The molecular formula is C9H9Cl5N3OP3. The van der Waals surface area contributed by atoms with Crippen molar-refractivity contribution >= 4 is 74.8 Å². The molecule has 0 radical (unpaired) electrons. The van der Waals surface area contributed by atoms with E-state index in [1.54, 1.807) is 18.2 Å². The Kier molecular flexibility index (Phi) is 5.90. The van der Waals surface area contributed by atoms with Gasteiger partial charge in [-0.15, -0.1) is 6.58 Å².